The van der Waals surface area contributed by atoms with E-state index >= 15 is 0 Å². The lowest BCUT2D eigenvalue weighted by Gasteiger charge is -2.08. The largest absolute Gasteiger partial charge is 0.465 e. The van der Waals surface area contributed by atoms with Crippen molar-refractivity contribution in [2.75, 3.05) is 17.7 Å². The van der Waals surface area contributed by atoms with Crippen LogP contribution < -0.4 is 10.6 Å². The number of nitrogens with one attached hydrogen (secondary N) is 2. The number of benzene rings is 2. The first-order valence-corrected chi connectivity index (χ1v) is 8.03. The minimum absolute atomic E-state index is 0.339. The fraction of sp³-hybridized carbons (Fsp3) is 0.0500. The maximum absolute atomic E-state index is 13.2. The molecule has 2 N–H and O–H groups in total. The molecule has 136 valence electrons. The first kappa shape index (κ1) is 18.1. The lowest BCUT2D eigenvalue weighted by atomic mass is 10.2. The van der Waals surface area contributed by atoms with Crippen molar-refractivity contribution in [2.24, 2.45) is 0 Å². The Balaban J connectivity index is 1.64. The highest BCUT2D eigenvalue weighted by molar-refractivity contribution is 6.04. The number of nitrogens with zero attached hydrogens (tertiary/aromatic N) is 1. The standard InChI is InChI=1S/C20H16FN3O3/c1-27-20(26)13-5-8-16(9-6-13)23-18-10-7-14(12-22-18)19(25)24-17-4-2-3-15(21)11-17/h2-12H,1H3,(H,22,23)(H,24,25). The Kier molecular flexibility index (Phi) is 5.41. The molecule has 3 aromatic rings. The van der Waals surface area contributed by atoms with E-state index < -0.39 is 11.8 Å². The van der Waals surface area contributed by atoms with Crippen LogP contribution in [0.1, 0.15) is 20.7 Å². The van der Waals surface area contributed by atoms with E-state index in [1.54, 1.807) is 42.5 Å². The molecule has 0 fully saturated rings. The van der Waals surface area contributed by atoms with Crippen LogP contribution in [0.4, 0.5) is 21.6 Å². The molecule has 2 aromatic carbocycles. The molecule has 1 aromatic heterocycles. The third-order valence-electron chi connectivity index (χ3n) is 3.69. The quantitative estimate of drug-likeness (QED) is 0.668. The fourth-order valence-corrected chi connectivity index (χ4v) is 2.33. The van der Waals surface area contributed by atoms with E-state index in [1.165, 1.54) is 31.5 Å². The zero-order valence-electron chi connectivity index (χ0n) is 14.4. The number of pyridine rings is 1. The minimum atomic E-state index is -0.427. The summed E-state index contributed by atoms with van der Waals surface area (Å²) in [7, 11) is 1.32. The number of hydrogen-bond acceptors (Lipinski definition) is 5. The number of anilines is 3. The second-order valence-electron chi connectivity index (χ2n) is 5.59. The van der Waals surface area contributed by atoms with Gasteiger partial charge >= 0.3 is 5.97 Å². The fourth-order valence-electron chi connectivity index (χ4n) is 2.33. The Morgan fingerprint density at radius 1 is 0.963 bits per heavy atom. The second kappa shape index (κ2) is 8.09. The first-order valence-electron chi connectivity index (χ1n) is 8.03. The van der Waals surface area contributed by atoms with Crippen molar-refractivity contribution < 1.29 is 18.7 Å². The molecular weight excluding hydrogens is 349 g/mol. The molecule has 0 aliphatic heterocycles. The maximum atomic E-state index is 13.2. The summed E-state index contributed by atoms with van der Waals surface area (Å²) >= 11 is 0. The average molecular weight is 365 g/mol. The minimum Gasteiger partial charge on any atom is -0.465 e. The summed E-state index contributed by atoms with van der Waals surface area (Å²) < 4.78 is 17.8. The van der Waals surface area contributed by atoms with E-state index in [0.717, 1.165) is 5.69 Å². The molecule has 27 heavy (non-hydrogen) atoms. The first-order chi connectivity index (χ1) is 13.0. The van der Waals surface area contributed by atoms with E-state index in [1.807, 2.05) is 0 Å². The van der Waals surface area contributed by atoms with E-state index in [-0.39, 0.29) is 5.91 Å². The summed E-state index contributed by atoms with van der Waals surface area (Å²) in [6.45, 7) is 0. The molecule has 0 saturated heterocycles. The molecule has 7 heteroatoms. The maximum Gasteiger partial charge on any atom is 0.337 e. The predicted octanol–water partition coefficient (Wildman–Crippen LogP) is 4.00. The lowest BCUT2D eigenvalue weighted by Crippen LogP contribution is -2.12. The van der Waals surface area contributed by atoms with Gasteiger partial charge in [-0.15, -0.1) is 0 Å². The van der Waals surface area contributed by atoms with Gasteiger partial charge in [0.25, 0.3) is 5.91 Å². The molecule has 0 radical (unpaired) electrons. The summed E-state index contributed by atoms with van der Waals surface area (Å²) in [6.07, 6.45) is 1.42. The number of ether oxygens (including phenoxy) is 1. The number of methoxy groups -OCH3 is 1. The van der Waals surface area contributed by atoms with Crippen molar-refractivity contribution in [1.29, 1.82) is 0 Å². The van der Waals surface area contributed by atoms with Gasteiger partial charge in [-0.3, -0.25) is 4.79 Å². The molecule has 6 nitrogen and oxygen atoms in total. The van der Waals surface area contributed by atoms with Crippen LogP contribution in [0, 0.1) is 5.82 Å². The van der Waals surface area contributed by atoms with Crippen LogP contribution in [0.5, 0.6) is 0 Å². The number of hydrogen-bond donors (Lipinski definition) is 2. The summed E-state index contributed by atoms with van der Waals surface area (Å²) in [5, 5.41) is 5.67. The topological polar surface area (TPSA) is 80.3 Å². The molecule has 0 atom stereocenters. The Morgan fingerprint density at radius 2 is 1.70 bits per heavy atom. The monoisotopic (exact) mass is 365 g/mol. The molecular formula is C20H16FN3O3. The molecule has 0 bridgehead atoms. The third-order valence-corrected chi connectivity index (χ3v) is 3.69. The summed E-state index contributed by atoms with van der Waals surface area (Å²) in [5.41, 5.74) is 1.88. The van der Waals surface area contributed by atoms with Crippen molar-refractivity contribution in [1.82, 2.24) is 4.98 Å². The highest BCUT2D eigenvalue weighted by Crippen LogP contribution is 2.17. The molecule has 0 aliphatic rings. The van der Waals surface area contributed by atoms with Gasteiger partial charge in [0.15, 0.2) is 0 Å². The molecule has 1 amide bonds. The summed E-state index contributed by atoms with van der Waals surface area (Å²) in [5.74, 6) is -0.692. The third kappa shape index (κ3) is 4.66. The zero-order valence-corrected chi connectivity index (χ0v) is 14.4. The smallest absolute Gasteiger partial charge is 0.337 e. The van der Waals surface area contributed by atoms with Gasteiger partial charge in [0, 0.05) is 17.6 Å². The van der Waals surface area contributed by atoms with Gasteiger partial charge in [-0.1, -0.05) is 6.07 Å². The van der Waals surface area contributed by atoms with E-state index in [9.17, 15) is 14.0 Å². The van der Waals surface area contributed by atoms with Gasteiger partial charge in [-0.25, -0.2) is 14.2 Å². The van der Waals surface area contributed by atoms with Crippen LogP contribution in [0.25, 0.3) is 0 Å². The highest BCUT2D eigenvalue weighted by atomic mass is 19.1. The highest BCUT2D eigenvalue weighted by Gasteiger charge is 2.08. The van der Waals surface area contributed by atoms with Gasteiger partial charge in [-0.05, 0) is 54.6 Å². The van der Waals surface area contributed by atoms with E-state index in [2.05, 4.69) is 20.4 Å². The van der Waals surface area contributed by atoms with Crippen molar-refractivity contribution in [3.63, 3.8) is 0 Å². The second-order valence-corrected chi connectivity index (χ2v) is 5.59. The number of carbonyl (C=O) groups is 2. The van der Waals surface area contributed by atoms with Crippen LogP contribution in [0.2, 0.25) is 0 Å². The number of amides is 1. The number of aromatic nitrogens is 1. The summed E-state index contributed by atoms with van der Waals surface area (Å²) in [6, 6.07) is 15.6. The number of halogens is 1. The van der Waals surface area contributed by atoms with E-state index in [4.69, 9.17) is 0 Å². The number of rotatable bonds is 5. The Morgan fingerprint density at radius 3 is 2.33 bits per heavy atom. The van der Waals surface area contributed by atoms with Crippen molar-refractivity contribution >= 4 is 29.1 Å². The number of carbonyl (C=O) groups excluding carboxylic acids is 2. The predicted molar refractivity (Wildman–Crippen MR) is 99.7 cm³/mol. The normalized spacial score (nSPS) is 10.1. The lowest BCUT2D eigenvalue weighted by molar-refractivity contribution is 0.0600. The van der Waals surface area contributed by atoms with Gasteiger partial charge in [-0.2, -0.15) is 0 Å². The van der Waals surface area contributed by atoms with Crippen molar-refractivity contribution in [3.05, 3.63) is 83.8 Å². The van der Waals surface area contributed by atoms with Crippen LogP contribution in [0.3, 0.4) is 0 Å². The zero-order chi connectivity index (χ0) is 19.2. The van der Waals surface area contributed by atoms with Crippen molar-refractivity contribution in [2.45, 2.75) is 0 Å². The van der Waals surface area contributed by atoms with Gasteiger partial charge < -0.3 is 15.4 Å². The SMILES string of the molecule is COC(=O)c1ccc(Nc2ccc(C(=O)Nc3cccc(F)c3)cn2)cc1. The average Bonchev–Trinajstić information content (AvgIpc) is 2.68. The van der Waals surface area contributed by atoms with Crippen LogP contribution >= 0.6 is 0 Å². The van der Waals surface area contributed by atoms with Crippen LogP contribution in [-0.4, -0.2) is 24.0 Å². The van der Waals surface area contributed by atoms with Gasteiger partial charge in [0.2, 0.25) is 0 Å². The Bertz CT molecular complexity index is 957. The van der Waals surface area contributed by atoms with Gasteiger partial charge in [0.05, 0.1) is 18.2 Å². The van der Waals surface area contributed by atoms with Gasteiger partial charge in [0.1, 0.15) is 11.6 Å². The van der Waals surface area contributed by atoms with Crippen molar-refractivity contribution in [3.8, 4) is 0 Å². The summed E-state index contributed by atoms with van der Waals surface area (Å²) in [4.78, 5) is 27.8. The van der Waals surface area contributed by atoms with E-state index in [0.29, 0.717) is 22.6 Å². The number of esters is 1. The Labute approximate surface area is 155 Å². The molecule has 0 unspecified atom stereocenters. The molecule has 0 saturated carbocycles. The van der Waals surface area contributed by atoms with Crippen LogP contribution in [-0.2, 0) is 4.74 Å². The Hall–Kier alpha value is -3.74. The molecule has 3 rings (SSSR count). The molecule has 0 spiro atoms. The molecule has 1 heterocycles. The van der Waals surface area contributed by atoms with Crippen LogP contribution in [0.15, 0.2) is 66.9 Å². The molecule has 0 aliphatic carbocycles.